The molecule has 0 atom stereocenters. The van der Waals surface area contributed by atoms with Gasteiger partial charge in [0.05, 0.1) is 13.0 Å². The molecule has 0 aromatic heterocycles. The standard InChI is InChI=1S/C18H19BrN2O2/c1-2-14-7-3-4-9-16(14)21-18(23)12-20-17(22)11-13-6-5-8-15(19)10-13/h3-10H,2,11-12H2,1H3,(H,20,22)(H,21,23). The van der Waals surface area contributed by atoms with E-state index >= 15 is 0 Å². The first-order chi connectivity index (χ1) is 11.1. The number of halogens is 1. The number of para-hydroxylation sites is 1. The minimum Gasteiger partial charge on any atom is -0.347 e. The second-order valence-corrected chi connectivity index (χ2v) is 6.06. The van der Waals surface area contributed by atoms with Crippen molar-refractivity contribution in [3.05, 3.63) is 64.1 Å². The van der Waals surface area contributed by atoms with Crippen LogP contribution in [0.15, 0.2) is 53.0 Å². The summed E-state index contributed by atoms with van der Waals surface area (Å²) in [4.78, 5) is 23.9. The van der Waals surface area contributed by atoms with Crippen LogP contribution in [-0.4, -0.2) is 18.4 Å². The Morgan fingerprint density at radius 1 is 1.04 bits per heavy atom. The summed E-state index contributed by atoms with van der Waals surface area (Å²) in [5, 5.41) is 5.47. The van der Waals surface area contributed by atoms with Crippen molar-refractivity contribution in [1.82, 2.24) is 5.32 Å². The van der Waals surface area contributed by atoms with Gasteiger partial charge in [0.25, 0.3) is 0 Å². The van der Waals surface area contributed by atoms with Crippen LogP contribution in [0, 0.1) is 0 Å². The zero-order valence-electron chi connectivity index (χ0n) is 12.9. The Morgan fingerprint density at radius 3 is 2.57 bits per heavy atom. The molecule has 0 aliphatic heterocycles. The minimum atomic E-state index is -0.228. The van der Waals surface area contributed by atoms with E-state index in [-0.39, 0.29) is 24.8 Å². The number of amides is 2. The van der Waals surface area contributed by atoms with Crippen LogP contribution in [-0.2, 0) is 22.4 Å². The number of aryl methyl sites for hydroxylation is 1. The van der Waals surface area contributed by atoms with Crippen LogP contribution in [0.1, 0.15) is 18.1 Å². The molecule has 0 spiro atoms. The van der Waals surface area contributed by atoms with E-state index in [2.05, 4.69) is 26.6 Å². The lowest BCUT2D eigenvalue weighted by Crippen LogP contribution is -2.33. The molecule has 0 fully saturated rings. The Kier molecular flexibility index (Phi) is 6.35. The highest BCUT2D eigenvalue weighted by Gasteiger charge is 2.08. The number of hydrogen-bond donors (Lipinski definition) is 2. The molecule has 0 unspecified atom stereocenters. The van der Waals surface area contributed by atoms with Crippen molar-refractivity contribution in [2.45, 2.75) is 19.8 Å². The van der Waals surface area contributed by atoms with Gasteiger partial charge in [0, 0.05) is 10.2 Å². The van der Waals surface area contributed by atoms with Gasteiger partial charge in [-0.1, -0.05) is 53.2 Å². The van der Waals surface area contributed by atoms with Crippen molar-refractivity contribution < 1.29 is 9.59 Å². The fourth-order valence-electron chi connectivity index (χ4n) is 2.22. The van der Waals surface area contributed by atoms with Gasteiger partial charge in [-0.2, -0.15) is 0 Å². The fourth-order valence-corrected chi connectivity index (χ4v) is 2.67. The summed E-state index contributed by atoms with van der Waals surface area (Å²) in [6, 6.07) is 15.2. The van der Waals surface area contributed by atoms with Gasteiger partial charge < -0.3 is 10.6 Å². The molecule has 120 valence electrons. The molecule has 2 aromatic carbocycles. The normalized spacial score (nSPS) is 10.2. The number of anilines is 1. The summed E-state index contributed by atoms with van der Waals surface area (Å²) in [7, 11) is 0. The summed E-state index contributed by atoms with van der Waals surface area (Å²) < 4.78 is 0.928. The number of nitrogens with one attached hydrogen (secondary N) is 2. The molecule has 2 aromatic rings. The molecule has 5 heteroatoms. The first-order valence-corrected chi connectivity index (χ1v) is 8.26. The number of hydrogen-bond acceptors (Lipinski definition) is 2. The van der Waals surface area contributed by atoms with Gasteiger partial charge in [0.2, 0.25) is 11.8 Å². The van der Waals surface area contributed by atoms with Crippen molar-refractivity contribution in [3.8, 4) is 0 Å². The highest BCUT2D eigenvalue weighted by Crippen LogP contribution is 2.15. The molecule has 0 radical (unpaired) electrons. The van der Waals surface area contributed by atoms with Crippen LogP contribution in [0.5, 0.6) is 0 Å². The van der Waals surface area contributed by atoms with Gasteiger partial charge in [0.1, 0.15) is 0 Å². The molecular formula is C18H19BrN2O2. The van der Waals surface area contributed by atoms with E-state index in [0.717, 1.165) is 27.7 Å². The molecule has 0 saturated carbocycles. The maximum absolute atomic E-state index is 12.0. The molecule has 0 aliphatic rings. The molecule has 4 nitrogen and oxygen atoms in total. The SMILES string of the molecule is CCc1ccccc1NC(=O)CNC(=O)Cc1cccc(Br)c1. The van der Waals surface area contributed by atoms with Crippen molar-refractivity contribution in [1.29, 1.82) is 0 Å². The van der Waals surface area contributed by atoms with Crippen molar-refractivity contribution >= 4 is 33.4 Å². The van der Waals surface area contributed by atoms with Crippen LogP contribution in [0.25, 0.3) is 0 Å². The van der Waals surface area contributed by atoms with Crippen molar-refractivity contribution in [3.63, 3.8) is 0 Å². The zero-order chi connectivity index (χ0) is 16.7. The number of carbonyl (C=O) groups excluding carboxylic acids is 2. The summed E-state index contributed by atoms with van der Waals surface area (Å²) in [5.41, 5.74) is 2.76. The third-order valence-corrected chi connectivity index (χ3v) is 3.87. The second-order valence-electron chi connectivity index (χ2n) is 5.14. The van der Waals surface area contributed by atoms with Gasteiger partial charge in [-0.3, -0.25) is 9.59 Å². The van der Waals surface area contributed by atoms with Gasteiger partial charge >= 0.3 is 0 Å². The highest BCUT2D eigenvalue weighted by molar-refractivity contribution is 9.10. The lowest BCUT2D eigenvalue weighted by atomic mass is 10.1. The first-order valence-electron chi connectivity index (χ1n) is 7.47. The van der Waals surface area contributed by atoms with E-state index in [1.54, 1.807) is 0 Å². The first kappa shape index (κ1) is 17.2. The molecule has 0 heterocycles. The van der Waals surface area contributed by atoms with E-state index in [9.17, 15) is 9.59 Å². The maximum atomic E-state index is 12.0. The monoisotopic (exact) mass is 374 g/mol. The van der Waals surface area contributed by atoms with Crippen LogP contribution in [0.4, 0.5) is 5.69 Å². The Morgan fingerprint density at radius 2 is 1.83 bits per heavy atom. The van der Waals surface area contributed by atoms with Gasteiger partial charge in [-0.05, 0) is 35.7 Å². The Hall–Kier alpha value is -2.14. The maximum Gasteiger partial charge on any atom is 0.243 e. The van der Waals surface area contributed by atoms with E-state index < -0.39 is 0 Å². The van der Waals surface area contributed by atoms with Gasteiger partial charge in [0.15, 0.2) is 0 Å². The zero-order valence-corrected chi connectivity index (χ0v) is 14.5. The van der Waals surface area contributed by atoms with Crippen LogP contribution >= 0.6 is 15.9 Å². The Balaban J connectivity index is 1.83. The smallest absolute Gasteiger partial charge is 0.243 e. The molecule has 23 heavy (non-hydrogen) atoms. The summed E-state index contributed by atoms with van der Waals surface area (Å²) in [6.45, 7) is 2.00. The van der Waals surface area contributed by atoms with Crippen molar-refractivity contribution in [2.24, 2.45) is 0 Å². The number of carbonyl (C=O) groups is 2. The number of benzene rings is 2. The predicted octanol–water partition coefficient (Wildman–Crippen LogP) is 3.31. The minimum absolute atomic E-state index is 0.0368. The molecule has 0 aliphatic carbocycles. The average molecular weight is 375 g/mol. The largest absolute Gasteiger partial charge is 0.347 e. The predicted molar refractivity (Wildman–Crippen MR) is 95.3 cm³/mol. The molecular weight excluding hydrogens is 356 g/mol. The lowest BCUT2D eigenvalue weighted by molar-refractivity contribution is -0.123. The molecule has 2 rings (SSSR count). The Bertz CT molecular complexity index is 701. The third kappa shape index (κ3) is 5.53. The molecule has 2 N–H and O–H groups in total. The van der Waals surface area contributed by atoms with Crippen LogP contribution in [0.3, 0.4) is 0 Å². The molecule has 0 bridgehead atoms. The van der Waals surface area contributed by atoms with Gasteiger partial charge in [-0.15, -0.1) is 0 Å². The fraction of sp³-hybridized carbons (Fsp3) is 0.222. The van der Waals surface area contributed by atoms with E-state index in [1.807, 2.05) is 55.5 Å². The molecule has 2 amide bonds. The number of rotatable bonds is 6. The average Bonchev–Trinajstić information content (AvgIpc) is 2.53. The van der Waals surface area contributed by atoms with E-state index in [1.165, 1.54) is 0 Å². The highest BCUT2D eigenvalue weighted by atomic mass is 79.9. The molecule has 0 saturated heterocycles. The summed E-state index contributed by atoms with van der Waals surface area (Å²) in [5.74, 6) is -0.407. The Labute approximate surface area is 144 Å². The quantitative estimate of drug-likeness (QED) is 0.814. The van der Waals surface area contributed by atoms with Crippen LogP contribution in [0.2, 0.25) is 0 Å². The van der Waals surface area contributed by atoms with Crippen LogP contribution < -0.4 is 10.6 Å². The third-order valence-electron chi connectivity index (χ3n) is 3.37. The lowest BCUT2D eigenvalue weighted by Gasteiger charge is -2.10. The van der Waals surface area contributed by atoms with E-state index in [4.69, 9.17) is 0 Å². The topological polar surface area (TPSA) is 58.2 Å². The van der Waals surface area contributed by atoms with E-state index in [0.29, 0.717) is 0 Å². The van der Waals surface area contributed by atoms with Crippen molar-refractivity contribution in [2.75, 3.05) is 11.9 Å². The second kappa shape index (κ2) is 8.48. The van der Waals surface area contributed by atoms with Gasteiger partial charge in [-0.25, -0.2) is 0 Å². The summed E-state index contributed by atoms with van der Waals surface area (Å²) >= 11 is 3.37. The summed E-state index contributed by atoms with van der Waals surface area (Å²) in [6.07, 6.45) is 1.09.